The Labute approximate surface area is 207 Å². The van der Waals surface area contributed by atoms with Gasteiger partial charge in [0.1, 0.15) is 5.82 Å². The summed E-state index contributed by atoms with van der Waals surface area (Å²) >= 11 is 0. The molecule has 0 aliphatic carbocycles. The number of hydrogen-bond acceptors (Lipinski definition) is 4. The third-order valence-corrected chi connectivity index (χ3v) is 9.48. The predicted molar refractivity (Wildman–Crippen MR) is 137 cm³/mol. The molecule has 0 spiro atoms. The van der Waals surface area contributed by atoms with E-state index in [0.29, 0.717) is 36.3 Å². The molecule has 2 aromatic carbocycles. The van der Waals surface area contributed by atoms with Gasteiger partial charge in [-0.25, -0.2) is 13.4 Å². The summed E-state index contributed by atoms with van der Waals surface area (Å²) in [6, 6.07) is 13.7. The molecule has 0 N–H and O–H groups in total. The average Bonchev–Trinajstić information content (AvgIpc) is 3.48. The molecule has 1 atom stereocenters. The van der Waals surface area contributed by atoms with Gasteiger partial charge in [-0.05, 0) is 61.9 Å². The summed E-state index contributed by atoms with van der Waals surface area (Å²) in [7, 11) is -1.58. The largest absolute Gasteiger partial charge is 0.336 e. The Kier molecular flexibility index (Phi) is 6.68. The molecule has 8 heteroatoms. The van der Waals surface area contributed by atoms with Crippen LogP contribution in [-0.4, -0.2) is 52.7 Å². The number of amides is 1. The molecule has 0 radical (unpaired) electrons. The lowest BCUT2D eigenvalue weighted by Crippen LogP contribution is -2.35. The van der Waals surface area contributed by atoms with Crippen LogP contribution in [0.2, 0.25) is 0 Å². The van der Waals surface area contributed by atoms with Crippen molar-refractivity contribution < 1.29 is 13.2 Å². The van der Waals surface area contributed by atoms with Crippen molar-refractivity contribution >= 4 is 27.0 Å². The zero-order valence-electron chi connectivity index (χ0n) is 20.6. The maximum atomic E-state index is 13.2. The van der Waals surface area contributed by atoms with Crippen LogP contribution in [0.1, 0.15) is 61.5 Å². The fraction of sp³-hybridized carbons (Fsp3) is 0.481. The molecule has 7 nitrogen and oxygen atoms in total. The number of aromatic nitrogens is 2. The minimum atomic E-state index is -3.51. The molecule has 2 aliphatic heterocycles. The highest BCUT2D eigenvalue weighted by atomic mass is 32.2. The lowest BCUT2D eigenvalue weighted by molar-refractivity contribution is -0.132. The number of imidazole rings is 1. The zero-order valence-corrected chi connectivity index (χ0v) is 21.4. The molecule has 1 amide bonds. The van der Waals surface area contributed by atoms with Crippen LogP contribution in [0.5, 0.6) is 0 Å². The lowest BCUT2D eigenvalue weighted by atomic mass is 9.99. The number of likely N-dealkylation sites (tertiary alicyclic amines) is 1. The van der Waals surface area contributed by atoms with Crippen LogP contribution < -0.4 is 0 Å². The van der Waals surface area contributed by atoms with Crippen molar-refractivity contribution in [2.45, 2.75) is 62.8 Å². The summed E-state index contributed by atoms with van der Waals surface area (Å²) in [5.41, 5.74) is 4.00. The summed E-state index contributed by atoms with van der Waals surface area (Å²) in [5, 5.41) is 0. The quantitative estimate of drug-likeness (QED) is 0.511. The van der Waals surface area contributed by atoms with E-state index in [1.165, 1.54) is 11.1 Å². The average molecular weight is 495 g/mol. The van der Waals surface area contributed by atoms with Gasteiger partial charge in [0.15, 0.2) is 0 Å². The first-order valence-electron chi connectivity index (χ1n) is 12.7. The second-order valence-electron chi connectivity index (χ2n) is 9.80. The zero-order chi connectivity index (χ0) is 24.6. The highest BCUT2D eigenvalue weighted by molar-refractivity contribution is 7.89. The molecule has 35 heavy (non-hydrogen) atoms. The van der Waals surface area contributed by atoms with Crippen LogP contribution in [-0.2, 0) is 28.3 Å². The predicted octanol–water partition coefficient (Wildman–Crippen LogP) is 4.35. The minimum Gasteiger partial charge on any atom is -0.336 e. The minimum absolute atomic E-state index is 0.145. The Morgan fingerprint density at radius 2 is 1.80 bits per heavy atom. The van der Waals surface area contributed by atoms with Crippen molar-refractivity contribution in [3.63, 3.8) is 0 Å². The number of aryl methyl sites for hydroxylation is 3. The van der Waals surface area contributed by atoms with Crippen LogP contribution >= 0.6 is 0 Å². The molecule has 0 saturated carbocycles. The second kappa shape index (κ2) is 9.74. The van der Waals surface area contributed by atoms with Gasteiger partial charge >= 0.3 is 0 Å². The van der Waals surface area contributed by atoms with E-state index in [-0.39, 0.29) is 11.9 Å². The molecule has 1 unspecified atom stereocenters. The molecule has 0 bridgehead atoms. The Hall–Kier alpha value is -2.71. The molecular weight excluding hydrogens is 460 g/mol. The molecular formula is C27H34N4O3S. The number of benzene rings is 2. The van der Waals surface area contributed by atoms with Crippen molar-refractivity contribution in [1.82, 2.24) is 18.8 Å². The smallest absolute Gasteiger partial charge is 0.243 e. The number of nitrogens with zero attached hydrogens (tertiary/aromatic N) is 4. The van der Waals surface area contributed by atoms with Crippen molar-refractivity contribution in [2.75, 3.05) is 19.6 Å². The molecule has 2 saturated heterocycles. The first kappa shape index (κ1) is 24.0. The number of piperidine rings is 1. The number of sulfonamides is 1. The number of carbonyl (C=O) groups is 1. The van der Waals surface area contributed by atoms with Gasteiger partial charge in [0, 0.05) is 39.5 Å². The van der Waals surface area contributed by atoms with E-state index in [2.05, 4.69) is 19.1 Å². The van der Waals surface area contributed by atoms with E-state index in [1.807, 2.05) is 34.7 Å². The maximum absolute atomic E-state index is 13.2. The maximum Gasteiger partial charge on any atom is 0.243 e. The van der Waals surface area contributed by atoms with Gasteiger partial charge < -0.3 is 9.47 Å². The van der Waals surface area contributed by atoms with Gasteiger partial charge in [-0.15, -0.1) is 0 Å². The van der Waals surface area contributed by atoms with Gasteiger partial charge in [0.05, 0.1) is 22.0 Å². The van der Waals surface area contributed by atoms with E-state index in [0.717, 1.165) is 50.0 Å². The molecule has 2 fully saturated rings. The topological polar surface area (TPSA) is 75.5 Å². The SMILES string of the molecule is Cc1ccccc1C1CCCN1C(=O)CCc1nc2cc(S(=O)(=O)N3CCCCC3)ccc2n1C. The van der Waals surface area contributed by atoms with Gasteiger partial charge in [-0.2, -0.15) is 4.31 Å². The van der Waals surface area contributed by atoms with Crippen LogP contribution in [0.4, 0.5) is 0 Å². The van der Waals surface area contributed by atoms with Crippen LogP contribution in [0.15, 0.2) is 47.4 Å². The third-order valence-electron chi connectivity index (χ3n) is 7.58. The fourth-order valence-electron chi connectivity index (χ4n) is 5.58. The van der Waals surface area contributed by atoms with Crippen molar-refractivity contribution in [1.29, 1.82) is 0 Å². The number of fused-ring (bicyclic) bond motifs is 1. The summed E-state index contributed by atoms with van der Waals surface area (Å²) < 4.78 is 29.8. The number of rotatable bonds is 6. The lowest BCUT2D eigenvalue weighted by Gasteiger charge is -2.26. The Morgan fingerprint density at radius 1 is 1.03 bits per heavy atom. The standard InChI is InChI=1S/C27H34N4O3S/c1-20-9-4-5-10-22(20)24-11-8-18-31(24)27(32)15-14-26-28-23-19-21(12-13-25(23)29(26)2)35(33,34)30-16-6-3-7-17-30/h4-5,9-10,12-13,19,24H,3,6-8,11,14-18H2,1-2H3. The molecule has 5 rings (SSSR count). The second-order valence-corrected chi connectivity index (χ2v) is 11.7. The van der Waals surface area contributed by atoms with Crippen LogP contribution in [0, 0.1) is 6.92 Å². The monoisotopic (exact) mass is 494 g/mol. The normalized spacial score (nSPS) is 19.5. The Balaban J connectivity index is 1.32. The van der Waals surface area contributed by atoms with Gasteiger partial charge in [-0.1, -0.05) is 30.7 Å². The van der Waals surface area contributed by atoms with Crippen LogP contribution in [0.25, 0.3) is 11.0 Å². The van der Waals surface area contributed by atoms with Crippen molar-refractivity contribution in [3.05, 3.63) is 59.4 Å². The Bertz CT molecular complexity index is 1340. The van der Waals surface area contributed by atoms with E-state index in [4.69, 9.17) is 4.98 Å². The molecule has 186 valence electrons. The highest BCUT2D eigenvalue weighted by Crippen LogP contribution is 2.34. The van der Waals surface area contributed by atoms with E-state index in [1.54, 1.807) is 16.4 Å². The molecule has 1 aromatic heterocycles. The number of carbonyl (C=O) groups excluding carboxylic acids is 1. The van der Waals surface area contributed by atoms with E-state index >= 15 is 0 Å². The third kappa shape index (κ3) is 4.61. The fourth-order valence-corrected chi connectivity index (χ4v) is 7.12. The van der Waals surface area contributed by atoms with E-state index < -0.39 is 10.0 Å². The van der Waals surface area contributed by atoms with E-state index in [9.17, 15) is 13.2 Å². The van der Waals surface area contributed by atoms with Crippen LogP contribution in [0.3, 0.4) is 0 Å². The van der Waals surface area contributed by atoms with Gasteiger partial charge in [-0.3, -0.25) is 4.79 Å². The Morgan fingerprint density at radius 3 is 2.57 bits per heavy atom. The molecule has 2 aliphatic rings. The summed E-state index contributed by atoms with van der Waals surface area (Å²) in [6.07, 6.45) is 5.82. The van der Waals surface area contributed by atoms with Crippen molar-refractivity contribution in [2.24, 2.45) is 7.05 Å². The first-order valence-corrected chi connectivity index (χ1v) is 14.1. The molecule has 3 aromatic rings. The van der Waals surface area contributed by atoms with Crippen molar-refractivity contribution in [3.8, 4) is 0 Å². The van der Waals surface area contributed by atoms with Gasteiger partial charge in [0.2, 0.25) is 15.9 Å². The highest BCUT2D eigenvalue weighted by Gasteiger charge is 2.31. The summed E-state index contributed by atoms with van der Waals surface area (Å²) in [6.45, 7) is 4.06. The molecule has 3 heterocycles. The van der Waals surface area contributed by atoms with Gasteiger partial charge in [0.25, 0.3) is 0 Å². The summed E-state index contributed by atoms with van der Waals surface area (Å²) in [5.74, 6) is 0.948. The first-order chi connectivity index (χ1) is 16.9. The summed E-state index contributed by atoms with van der Waals surface area (Å²) in [4.78, 5) is 20.3. The number of hydrogen-bond donors (Lipinski definition) is 0.